The van der Waals surface area contributed by atoms with Gasteiger partial charge in [0.2, 0.25) is 0 Å². The van der Waals surface area contributed by atoms with Crippen LogP contribution in [0.3, 0.4) is 0 Å². The average Bonchev–Trinajstić information content (AvgIpc) is 2.30. The van der Waals surface area contributed by atoms with Gasteiger partial charge in [-0.2, -0.15) is 0 Å². The third-order valence-corrected chi connectivity index (χ3v) is 1.74. The second kappa shape index (κ2) is 6.84. The van der Waals surface area contributed by atoms with Crippen molar-refractivity contribution in [2.24, 2.45) is 0 Å². The zero-order chi connectivity index (χ0) is 10.9. The predicted octanol–water partition coefficient (Wildman–Crippen LogP) is 1.29. The van der Waals surface area contributed by atoms with Crippen molar-refractivity contribution in [1.29, 1.82) is 0 Å². The smallest absolute Gasteiger partial charge is 0.145 e. The van der Waals surface area contributed by atoms with E-state index in [-0.39, 0.29) is 6.61 Å². The van der Waals surface area contributed by atoms with Crippen LogP contribution in [-0.2, 0) is 9.53 Å². The number of benzene rings is 1. The molecule has 0 aliphatic heterocycles. The highest BCUT2D eigenvalue weighted by molar-refractivity contribution is 5.50. The van der Waals surface area contributed by atoms with Crippen LogP contribution in [0, 0.1) is 0 Å². The van der Waals surface area contributed by atoms with E-state index in [0.29, 0.717) is 19.5 Å². The fourth-order valence-corrected chi connectivity index (χ4v) is 1.02. The second-order valence-corrected chi connectivity index (χ2v) is 2.77. The number of hydrogen-bond acceptors (Lipinski definition) is 4. The fourth-order valence-electron chi connectivity index (χ4n) is 1.02. The van der Waals surface area contributed by atoms with Gasteiger partial charge in [0, 0.05) is 0 Å². The molecule has 0 N–H and O–H groups in total. The quantitative estimate of drug-likeness (QED) is 0.502. The molecule has 0 saturated heterocycles. The molecule has 0 amide bonds. The van der Waals surface area contributed by atoms with Crippen LogP contribution in [0.4, 0.5) is 0 Å². The minimum absolute atomic E-state index is 0.117. The summed E-state index contributed by atoms with van der Waals surface area (Å²) in [6, 6.07) is 7.28. The lowest BCUT2D eigenvalue weighted by Gasteiger charge is -2.06. The second-order valence-electron chi connectivity index (χ2n) is 2.77. The molecule has 0 saturated carbocycles. The van der Waals surface area contributed by atoms with Crippen LogP contribution in [0.2, 0.25) is 0 Å². The van der Waals surface area contributed by atoms with Crippen LogP contribution in [0.1, 0.15) is 0 Å². The van der Waals surface area contributed by atoms with Gasteiger partial charge >= 0.3 is 0 Å². The summed E-state index contributed by atoms with van der Waals surface area (Å²) in [6.45, 7) is 0.955. The molecule has 1 rings (SSSR count). The van der Waals surface area contributed by atoms with Crippen molar-refractivity contribution in [1.82, 2.24) is 0 Å². The summed E-state index contributed by atoms with van der Waals surface area (Å²) in [5.74, 6) is 1.55. The van der Waals surface area contributed by atoms with Gasteiger partial charge in [0.15, 0.2) is 0 Å². The molecule has 4 heteroatoms. The highest BCUT2D eigenvalue weighted by Gasteiger charge is 1.94. The predicted molar refractivity (Wildman–Crippen MR) is 55.4 cm³/mol. The van der Waals surface area contributed by atoms with Gasteiger partial charge in [-0.3, -0.25) is 0 Å². The van der Waals surface area contributed by atoms with E-state index < -0.39 is 0 Å². The first-order valence-corrected chi connectivity index (χ1v) is 4.65. The lowest BCUT2D eigenvalue weighted by Crippen LogP contribution is -2.07. The number of hydrogen-bond donors (Lipinski definition) is 0. The Morgan fingerprint density at radius 1 is 1.13 bits per heavy atom. The molecular formula is C11H14O4. The lowest BCUT2D eigenvalue weighted by atomic mass is 10.3. The Balaban J connectivity index is 2.22. The number of carbonyl (C=O) groups is 1. The van der Waals surface area contributed by atoms with Gasteiger partial charge in [-0.05, 0) is 24.3 Å². The van der Waals surface area contributed by atoms with Gasteiger partial charge in [0.1, 0.15) is 31.0 Å². The number of methoxy groups -OCH3 is 1. The highest BCUT2D eigenvalue weighted by Crippen LogP contribution is 2.16. The highest BCUT2D eigenvalue weighted by atomic mass is 16.5. The van der Waals surface area contributed by atoms with E-state index in [2.05, 4.69) is 0 Å². The van der Waals surface area contributed by atoms with Gasteiger partial charge in [0.25, 0.3) is 0 Å². The SMILES string of the molecule is COc1ccc(OCCOCC=O)cc1. The third kappa shape index (κ3) is 4.46. The van der Waals surface area contributed by atoms with E-state index in [4.69, 9.17) is 14.2 Å². The standard InChI is InChI=1S/C11H14O4/c1-13-10-2-4-11(5-3-10)15-9-8-14-7-6-12/h2-6H,7-9H2,1H3. The topological polar surface area (TPSA) is 44.8 Å². The van der Waals surface area contributed by atoms with Gasteiger partial charge in [-0.15, -0.1) is 0 Å². The van der Waals surface area contributed by atoms with Crippen LogP contribution >= 0.6 is 0 Å². The molecule has 82 valence electrons. The van der Waals surface area contributed by atoms with Gasteiger partial charge in [-0.1, -0.05) is 0 Å². The van der Waals surface area contributed by atoms with E-state index in [1.54, 1.807) is 7.11 Å². The number of rotatable bonds is 7. The Labute approximate surface area is 88.8 Å². The van der Waals surface area contributed by atoms with Crippen LogP contribution in [0.25, 0.3) is 0 Å². The van der Waals surface area contributed by atoms with Crippen LogP contribution in [0.5, 0.6) is 11.5 Å². The van der Waals surface area contributed by atoms with E-state index in [0.717, 1.165) is 11.5 Å². The maximum Gasteiger partial charge on any atom is 0.145 e. The molecule has 0 aliphatic rings. The van der Waals surface area contributed by atoms with Crippen LogP contribution in [0.15, 0.2) is 24.3 Å². The van der Waals surface area contributed by atoms with Crippen molar-refractivity contribution >= 4 is 6.29 Å². The molecule has 0 bridgehead atoms. The summed E-state index contributed by atoms with van der Waals surface area (Å²) < 4.78 is 15.3. The summed E-state index contributed by atoms with van der Waals surface area (Å²) >= 11 is 0. The summed E-state index contributed by atoms with van der Waals surface area (Å²) in [4.78, 5) is 9.93. The Morgan fingerprint density at radius 3 is 2.40 bits per heavy atom. The molecule has 1 aromatic carbocycles. The first-order valence-electron chi connectivity index (χ1n) is 4.65. The molecule has 4 nitrogen and oxygen atoms in total. The summed E-state index contributed by atoms with van der Waals surface area (Å²) in [6.07, 6.45) is 0.716. The molecule has 15 heavy (non-hydrogen) atoms. The Morgan fingerprint density at radius 2 is 1.80 bits per heavy atom. The molecule has 0 radical (unpaired) electrons. The monoisotopic (exact) mass is 210 g/mol. The van der Waals surface area contributed by atoms with E-state index in [9.17, 15) is 4.79 Å². The zero-order valence-electron chi connectivity index (χ0n) is 8.64. The van der Waals surface area contributed by atoms with E-state index >= 15 is 0 Å². The number of ether oxygens (including phenoxy) is 3. The Bertz CT molecular complexity index is 281. The average molecular weight is 210 g/mol. The van der Waals surface area contributed by atoms with Gasteiger partial charge < -0.3 is 19.0 Å². The van der Waals surface area contributed by atoms with Crippen molar-refractivity contribution in [2.45, 2.75) is 0 Å². The first-order chi connectivity index (χ1) is 7.36. The molecule has 0 fully saturated rings. The fraction of sp³-hybridized carbons (Fsp3) is 0.364. The van der Waals surface area contributed by atoms with Crippen molar-refractivity contribution in [2.75, 3.05) is 26.9 Å². The minimum Gasteiger partial charge on any atom is -0.497 e. The summed E-state index contributed by atoms with van der Waals surface area (Å²) in [7, 11) is 1.61. The lowest BCUT2D eigenvalue weighted by molar-refractivity contribution is -0.112. The van der Waals surface area contributed by atoms with Crippen molar-refractivity contribution in [3.8, 4) is 11.5 Å². The Kier molecular flexibility index (Phi) is 5.25. The van der Waals surface area contributed by atoms with Crippen molar-refractivity contribution in [3.05, 3.63) is 24.3 Å². The third-order valence-electron chi connectivity index (χ3n) is 1.74. The van der Waals surface area contributed by atoms with E-state index in [1.165, 1.54) is 0 Å². The molecule has 0 atom stereocenters. The number of aldehydes is 1. The van der Waals surface area contributed by atoms with Crippen LogP contribution < -0.4 is 9.47 Å². The van der Waals surface area contributed by atoms with Crippen molar-refractivity contribution < 1.29 is 19.0 Å². The first kappa shape index (κ1) is 11.5. The molecule has 1 aromatic rings. The summed E-state index contributed by atoms with van der Waals surface area (Å²) in [5.41, 5.74) is 0. The largest absolute Gasteiger partial charge is 0.497 e. The number of carbonyl (C=O) groups excluding carboxylic acids is 1. The molecule has 0 unspecified atom stereocenters. The molecule has 0 aliphatic carbocycles. The normalized spacial score (nSPS) is 9.67. The minimum atomic E-state index is 0.117. The Hall–Kier alpha value is -1.55. The zero-order valence-corrected chi connectivity index (χ0v) is 8.64. The molecule has 0 heterocycles. The maximum absolute atomic E-state index is 9.93. The van der Waals surface area contributed by atoms with Gasteiger partial charge in [0.05, 0.1) is 13.7 Å². The molecule has 0 aromatic heterocycles. The summed E-state index contributed by atoms with van der Waals surface area (Å²) in [5, 5.41) is 0. The van der Waals surface area contributed by atoms with Crippen molar-refractivity contribution in [3.63, 3.8) is 0 Å². The van der Waals surface area contributed by atoms with Crippen LogP contribution in [-0.4, -0.2) is 33.2 Å². The molecular weight excluding hydrogens is 196 g/mol. The maximum atomic E-state index is 9.93. The molecule has 0 spiro atoms. The van der Waals surface area contributed by atoms with Gasteiger partial charge in [-0.25, -0.2) is 0 Å². The van der Waals surface area contributed by atoms with E-state index in [1.807, 2.05) is 24.3 Å².